The van der Waals surface area contributed by atoms with Gasteiger partial charge in [0.2, 0.25) is 0 Å². The van der Waals surface area contributed by atoms with Crippen LogP contribution in [0.4, 0.5) is 8.78 Å². The third kappa shape index (κ3) is 3.68. The zero-order chi connectivity index (χ0) is 12.3. The van der Waals surface area contributed by atoms with Crippen molar-refractivity contribution in [2.45, 2.75) is 25.2 Å². The van der Waals surface area contributed by atoms with Crippen LogP contribution in [0, 0.1) is 0 Å². The van der Waals surface area contributed by atoms with Crippen molar-refractivity contribution in [3.63, 3.8) is 0 Å². The van der Waals surface area contributed by atoms with Crippen molar-refractivity contribution >= 4 is 44.8 Å². The Bertz CT molecular complexity index is 375. The van der Waals surface area contributed by atoms with Gasteiger partial charge in [0, 0.05) is 12.8 Å². The third-order valence-electron chi connectivity index (χ3n) is 1.89. The molecule has 0 saturated carbocycles. The van der Waals surface area contributed by atoms with Gasteiger partial charge in [-0.25, -0.2) is 8.78 Å². The van der Waals surface area contributed by atoms with Crippen molar-refractivity contribution in [2.24, 2.45) is 0 Å². The average molecular weight is 334 g/mol. The molecule has 1 heterocycles. The second kappa shape index (κ2) is 5.42. The van der Waals surface area contributed by atoms with Crippen LogP contribution in [-0.2, 0) is 10.7 Å². The van der Waals surface area contributed by atoms with Crippen LogP contribution in [0.1, 0.15) is 24.1 Å². The Kier molecular flexibility index (Phi) is 4.70. The molecule has 1 aromatic rings. The van der Waals surface area contributed by atoms with Crippen molar-refractivity contribution in [2.75, 3.05) is 0 Å². The summed E-state index contributed by atoms with van der Waals surface area (Å²) in [6.07, 6.45) is -0.798. The first kappa shape index (κ1) is 13.9. The van der Waals surface area contributed by atoms with E-state index in [9.17, 15) is 13.6 Å². The lowest BCUT2D eigenvalue weighted by molar-refractivity contribution is -0.137. The number of rotatable bonds is 5. The summed E-state index contributed by atoms with van der Waals surface area (Å²) in [5.74, 6) is -4.09. The molecular weight excluding hydrogens is 326 g/mol. The maximum Gasteiger partial charge on any atom is 0.303 e. The lowest BCUT2D eigenvalue weighted by Gasteiger charge is -2.13. The lowest BCUT2D eigenvalue weighted by Crippen LogP contribution is -2.12. The van der Waals surface area contributed by atoms with Gasteiger partial charge in [-0.2, -0.15) is 0 Å². The van der Waals surface area contributed by atoms with E-state index in [0.717, 1.165) is 11.3 Å². The molecule has 1 N–H and O–H groups in total. The molecule has 0 bridgehead atoms. The molecule has 1 rings (SSSR count). The molecule has 0 spiro atoms. The van der Waals surface area contributed by atoms with E-state index in [-0.39, 0.29) is 22.7 Å². The van der Waals surface area contributed by atoms with E-state index >= 15 is 0 Å². The lowest BCUT2D eigenvalue weighted by atomic mass is 10.1. The number of hydrogen-bond donors (Lipinski definition) is 1. The molecule has 0 unspecified atom stereocenters. The molecule has 7 heteroatoms. The molecule has 0 saturated heterocycles. The molecule has 0 amide bonds. The van der Waals surface area contributed by atoms with Crippen molar-refractivity contribution in [3.05, 3.63) is 19.8 Å². The molecule has 0 aliphatic carbocycles. The number of thiophene rings is 1. The van der Waals surface area contributed by atoms with Crippen LogP contribution >= 0.6 is 38.9 Å². The summed E-state index contributed by atoms with van der Waals surface area (Å²) in [5.41, 5.74) is 0. The molecule has 0 aliphatic rings. The molecule has 0 atom stereocenters. The van der Waals surface area contributed by atoms with E-state index in [1.54, 1.807) is 0 Å². The predicted molar refractivity (Wildman–Crippen MR) is 62.4 cm³/mol. The topological polar surface area (TPSA) is 37.3 Å². The summed E-state index contributed by atoms with van der Waals surface area (Å²) in [6, 6.07) is 1.21. The molecule has 90 valence electrons. The minimum atomic E-state index is -3.02. The van der Waals surface area contributed by atoms with Gasteiger partial charge in [-0.05, 0) is 28.4 Å². The van der Waals surface area contributed by atoms with Crippen LogP contribution < -0.4 is 0 Å². The molecule has 0 fully saturated rings. The predicted octanol–water partition coefficient (Wildman–Crippen LogP) is 4.51. The van der Waals surface area contributed by atoms with Crippen LogP contribution in [-0.4, -0.2) is 11.1 Å². The Labute approximate surface area is 108 Å². The first-order chi connectivity index (χ1) is 7.33. The third-order valence-corrected chi connectivity index (χ3v) is 4.47. The summed E-state index contributed by atoms with van der Waals surface area (Å²) in [7, 11) is 0. The van der Waals surface area contributed by atoms with Gasteiger partial charge < -0.3 is 5.11 Å². The first-order valence-corrected chi connectivity index (χ1v) is 6.36. The fraction of sp³-hybridized carbons (Fsp3) is 0.444. The van der Waals surface area contributed by atoms with E-state index in [4.69, 9.17) is 16.7 Å². The fourth-order valence-corrected chi connectivity index (χ4v) is 2.82. The zero-order valence-electron chi connectivity index (χ0n) is 7.97. The Balaban J connectivity index is 2.66. The van der Waals surface area contributed by atoms with Gasteiger partial charge in [0.15, 0.2) is 0 Å². The highest BCUT2D eigenvalue weighted by Gasteiger charge is 2.33. The normalized spacial score (nSPS) is 11.8. The molecule has 16 heavy (non-hydrogen) atoms. The molecule has 0 aromatic carbocycles. The van der Waals surface area contributed by atoms with Crippen molar-refractivity contribution in [1.82, 2.24) is 0 Å². The summed E-state index contributed by atoms with van der Waals surface area (Å²) < 4.78 is 27.5. The van der Waals surface area contributed by atoms with Gasteiger partial charge >= 0.3 is 5.97 Å². The number of alkyl halides is 2. The highest BCUT2D eigenvalue weighted by molar-refractivity contribution is 9.11. The second-order valence-electron chi connectivity index (χ2n) is 3.18. The van der Waals surface area contributed by atoms with Gasteiger partial charge in [-0.1, -0.05) is 11.6 Å². The number of carboxylic acids is 1. The number of aliphatic carboxylic acids is 1. The van der Waals surface area contributed by atoms with E-state index < -0.39 is 18.3 Å². The Hall–Kier alpha value is -0.200. The SMILES string of the molecule is O=C(O)CCCC(F)(F)c1cc(Cl)c(Br)s1. The molecule has 0 aliphatic heterocycles. The summed E-state index contributed by atoms with van der Waals surface area (Å²) in [6.45, 7) is 0. The number of hydrogen-bond acceptors (Lipinski definition) is 2. The molecule has 1 aromatic heterocycles. The highest BCUT2D eigenvalue weighted by Crippen LogP contribution is 2.42. The first-order valence-electron chi connectivity index (χ1n) is 4.38. The van der Waals surface area contributed by atoms with E-state index in [1.807, 2.05) is 0 Å². The summed E-state index contributed by atoms with van der Waals surface area (Å²) >= 11 is 9.58. The van der Waals surface area contributed by atoms with Crippen molar-refractivity contribution < 1.29 is 18.7 Å². The highest BCUT2D eigenvalue weighted by atomic mass is 79.9. The van der Waals surface area contributed by atoms with Crippen LogP contribution in [0.2, 0.25) is 5.02 Å². The monoisotopic (exact) mass is 332 g/mol. The number of carboxylic acid groups (broad SMARTS) is 1. The minimum absolute atomic E-state index is 0.0600. The Morgan fingerprint density at radius 1 is 1.62 bits per heavy atom. The fourth-order valence-electron chi connectivity index (χ4n) is 1.11. The zero-order valence-corrected chi connectivity index (χ0v) is 11.1. The van der Waals surface area contributed by atoms with E-state index in [2.05, 4.69) is 15.9 Å². The van der Waals surface area contributed by atoms with Crippen LogP contribution in [0.3, 0.4) is 0 Å². The van der Waals surface area contributed by atoms with Crippen molar-refractivity contribution in [1.29, 1.82) is 0 Å². The van der Waals surface area contributed by atoms with E-state index in [1.165, 1.54) is 6.07 Å². The van der Waals surface area contributed by atoms with Crippen LogP contribution in [0.25, 0.3) is 0 Å². The van der Waals surface area contributed by atoms with Crippen molar-refractivity contribution in [3.8, 4) is 0 Å². The number of carbonyl (C=O) groups is 1. The minimum Gasteiger partial charge on any atom is -0.481 e. The Morgan fingerprint density at radius 3 is 2.69 bits per heavy atom. The summed E-state index contributed by atoms with van der Waals surface area (Å²) in [4.78, 5) is 10.1. The molecular formula is C9H8BrClF2O2S. The maximum absolute atomic E-state index is 13.5. The average Bonchev–Trinajstić information content (AvgIpc) is 2.46. The van der Waals surface area contributed by atoms with Gasteiger partial charge in [-0.15, -0.1) is 11.3 Å². The van der Waals surface area contributed by atoms with Gasteiger partial charge in [0.05, 0.1) is 13.7 Å². The molecule has 2 nitrogen and oxygen atoms in total. The Morgan fingerprint density at radius 2 is 2.25 bits per heavy atom. The van der Waals surface area contributed by atoms with Crippen LogP contribution in [0.5, 0.6) is 0 Å². The van der Waals surface area contributed by atoms with Crippen LogP contribution in [0.15, 0.2) is 9.85 Å². The second-order valence-corrected chi connectivity index (χ2v) is 5.96. The van der Waals surface area contributed by atoms with E-state index in [0.29, 0.717) is 3.79 Å². The maximum atomic E-state index is 13.5. The smallest absolute Gasteiger partial charge is 0.303 e. The standard InChI is InChI=1S/C9H8BrClF2O2S/c10-8-5(11)4-6(16-8)9(12,13)3-1-2-7(14)15/h4H,1-3H2,(H,14,15). The largest absolute Gasteiger partial charge is 0.481 e. The van der Waals surface area contributed by atoms with Gasteiger partial charge in [0.1, 0.15) is 0 Å². The molecule has 0 radical (unpaired) electrons. The quantitative estimate of drug-likeness (QED) is 0.860. The van der Waals surface area contributed by atoms with Gasteiger partial charge in [-0.3, -0.25) is 4.79 Å². The summed E-state index contributed by atoms with van der Waals surface area (Å²) in [5, 5.41) is 8.61. The number of halogens is 4. The van der Waals surface area contributed by atoms with Gasteiger partial charge in [0.25, 0.3) is 5.92 Å².